The van der Waals surface area contributed by atoms with E-state index in [2.05, 4.69) is 0 Å². The maximum atomic E-state index is 13.5. The van der Waals surface area contributed by atoms with Crippen LogP contribution in [0.5, 0.6) is 0 Å². The molecule has 0 N–H and O–H groups in total. The average molecular weight is 196 g/mol. The molecule has 0 atom stereocenters. The number of hydrogen-bond donors (Lipinski definition) is 0. The Morgan fingerprint density at radius 3 is 2.00 bits per heavy atom. The van der Waals surface area contributed by atoms with Gasteiger partial charge >= 0.3 is 0 Å². The van der Waals surface area contributed by atoms with Crippen molar-refractivity contribution in [2.45, 2.75) is 38.5 Å². The fourth-order valence-electron chi connectivity index (χ4n) is 1.70. The lowest BCUT2D eigenvalue weighted by molar-refractivity contribution is 0.551. The Labute approximate surface area is 82.9 Å². The molecule has 1 saturated carbocycles. The number of halogens is 2. The van der Waals surface area contributed by atoms with Crippen molar-refractivity contribution >= 4 is 0 Å². The molecule has 1 aromatic rings. The van der Waals surface area contributed by atoms with Gasteiger partial charge in [0, 0.05) is 5.56 Å². The van der Waals surface area contributed by atoms with Crippen LogP contribution in [0.15, 0.2) is 12.1 Å². The zero-order valence-electron chi connectivity index (χ0n) is 8.48. The molecular weight excluding hydrogens is 182 g/mol. The van der Waals surface area contributed by atoms with Gasteiger partial charge in [0.25, 0.3) is 0 Å². The van der Waals surface area contributed by atoms with Crippen LogP contribution >= 0.6 is 0 Å². The quantitative estimate of drug-likeness (QED) is 0.671. The van der Waals surface area contributed by atoms with Gasteiger partial charge in [-0.1, -0.05) is 13.8 Å². The monoisotopic (exact) mass is 196 g/mol. The molecule has 0 aliphatic heterocycles. The second-order valence-electron chi connectivity index (χ2n) is 4.33. The summed E-state index contributed by atoms with van der Waals surface area (Å²) in [5, 5.41) is 0. The minimum absolute atomic E-state index is 0.135. The normalized spacial score (nSPS) is 16.4. The molecule has 14 heavy (non-hydrogen) atoms. The third kappa shape index (κ3) is 1.66. The Balaban J connectivity index is 2.44. The smallest absolute Gasteiger partial charge is 0.129 e. The summed E-state index contributed by atoms with van der Waals surface area (Å²) in [6.07, 6.45) is 1.85. The summed E-state index contributed by atoms with van der Waals surface area (Å²) in [4.78, 5) is 0. The molecule has 0 amide bonds. The van der Waals surface area contributed by atoms with Gasteiger partial charge < -0.3 is 0 Å². The standard InChI is InChI=1S/C12H14F2/c1-7(2)9-5-10(13)12(8-3-4-8)11(14)6-9/h5-8H,3-4H2,1-2H3. The van der Waals surface area contributed by atoms with E-state index in [1.807, 2.05) is 13.8 Å². The molecule has 2 rings (SSSR count). The van der Waals surface area contributed by atoms with E-state index in [9.17, 15) is 8.78 Å². The lowest BCUT2D eigenvalue weighted by atomic mass is 9.99. The fraction of sp³-hybridized carbons (Fsp3) is 0.500. The molecule has 0 spiro atoms. The van der Waals surface area contributed by atoms with Crippen LogP contribution in [0, 0.1) is 11.6 Å². The van der Waals surface area contributed by atoms with Crippen LogP contribution in [0.4, 0.5) is 8.78 Å². The van der Waals surface area contributed by atoms with E-state index < -0.39 is 0 Å². The van der Waals surface area contributed by atoms with Gasteiger partial charge in [0.2, 0.25) is 0 Å². The second-order valence-corrected chi connectivity index (χ2v) is 4.33. The fourth-order valence-corrected chi connectivity index (χ4v) is 1.70. The summed E-state index contributed by atoms with van der Waals surface area (Å²) in [5.41, 5.74) is 1.04. The van der Waals surface area contributed by atoms with Crippen LogP contribution in [0.2, 0.25) is 0 Å². The molecule has 1 aliphatic carbocycles. The van der Waals surface area contributed by atoms with E-state index in [-0.39, 0.29) is 23.5 Å². The van der Waals surface area contributed by atoms with Crippen molar-refractivity contribution in [2.75, 3.05) is 0 Å². The summed E-state index contributed by atoms with van der Waals surface area (Å²) in [6, 6.07) is 2.95. The first-order chi connectivity index (χ1) is 6.59. The van der Waals surface area contributed by atoms with Gasteiger partial charge in [0.05, 0.1) is 0 Å². The average Bonchev–Trinajstić information content (AvgIpc) is 2.86. The molecule has 76 valence electrons. The predicted octanol–water partition coefficient (Wildman–Crippen LogP) is 3.97. The number of rotatable bonds is 2. The molecule has 0 aromatic heterocycles. The van der Waals surface area contributed by atoms with Gasteiger partial charge in [-0.3, -0.25) is 0 Å². The summed E-state index contributed by atoms with van der Waals surface area (Å²) in [5.74, 6) is -0.420. The zero-order valence-corrected chi connectivity index (χ0v) is 8.48. The maximum absolute atomic E-state index is 13.5. The summed E-state index contributed by atoms with van der Waals surface area (Å²) in [6.45, 7) is 3.87. The number of benzene rings is 1. The molecule has 1 aromatic carbocycles. The Morgan fingerprint density at radius 1 is 1.14 bits per heavy atom. The van der Waals surface area contributed by atoms with E-state index in [0.717, 1.165) is 18.4 Å². The zero-order chi connectivity index (χ0) is 10.3. The van der Waals surface area contributed by atoms with E-state index in [0.29, 0.717) is 5.56 Å². The van der Waals surface area contributed by atoms with Crippen molar-refractivity contribution in [1.82, 2.24) is 0 Å². The minimum Gasteiger partial charge on any atom is -0.207 e. The van der Waals surface area contributed by atoms with Gasteiger partial charge in [-0.2, -0.15) is 0 Å². The van der Waals surface area contributed by atoms with Crippen molar-refractivity contribution < 1.29 is 8.78 Å². The van der Waals surface area contributed by atoms with E-state index in [1.54, 1.807) is 0 Å². The molecule has 0 nitrogen and oxygen atoms in total. The molecule has 0 heterocycles. The van der Waals surface area contributed by atoms with E-state index in [4.69, 9.17) is 0 Å². The Morgan fingerprint density at radius 2 is 1.64 bits per heavy atom. The highest BCUT2D eigenvalue weighted by molar-refractivity contribution is 5.32. The van der Waals surface area contributed by atoms with Crippen LogP contribution in [0.25, 0.3) is 0 Å². The molecule has 1 fully saturated rings. The minimum atomic E-state index is -0.365. The summed E-state index contributed by atoms with van der Waals surface area (Å²) >= 11 is 0. The van der Waals surface area contributed by atoms with Crippen LogP contribution in [-0.4, -0.2) is 0 Å². The van der Waals surface area contributed by atoms with Crippen LogP contribution in [0.1, 0.15) is 49.7 Å². The van der Waals surface area contributed by atoms with Gasteiger partial charge in [-0.25, -0.2) is 8.78 Å². The first kappa shape index (κ1) is 9.63. The molecule has 0 radical (unpaired) electrons. The Kier molecular flexibility index (Phi) is 2.30. The van der Waals surface area contributed by atoms with Crippen molar-refractivity contribution in [3.63, 3.8) is 0 Å². The predicted molar refractivity (Wildman–Crippen MR) is 52.4 cm³/mol. The first-order valence-electron chi connectivity index (χ1n) is 5.08. The largest absolute Gasteiger partial charge is 0.207 e. The topological polar surface area (TPSA) is 0 Å². The van der Waals surface area contributed by atoms with Gasteiger partial charge in [-0.15, -0.1) is 0 Å². The highest BCUT2D eigenvalue weighted by Gasteiger charge is 2.30. The highest BCUT2D eigenvalue weighted by Crippen LogP contribution is 2.43. The maximum Gasteiger partial charge on any atom is 0.129 e. The highest BCUT2D eigenvalue weighted by atomic mass is 19.1. The third-order valence-electron chi connectivity index (χ3n) is 2.75. The second kappa shape index (κ2) is 3.34. The van der Waals surface area contributed by atoms with Crippen LogP contribution < -0.4 is 0 Å². The molecule has 0 bridgehead atoms. The Hall–Kier alpha value is -0.920. The van der Waals surface area contributed by atoms with Crippen LogP contribution in [-0.2, 0) is 0 Å². The van der Waals surface area contributed by atoms with Crippen molar-refractivity contribution in [1.29, 1.82) is 0 Å². The lowest BCUT2D eigenvalue weighted by Gasteiger charge is -2.09. The summed E-state index contributed by atoms with van der Waals surface area (Å²) < 4.78 is 27.0. The van der Waals surface area contributed by atoms with Crippen LogP contribution in [0.3, 0.4) is 0 Å². The van der Waals surface area contributed by atoms with Gasteiger partial charge in [0.15, 0.2) is 0 Å². The molecule has 1 aliphatic rings. The lowest BCUT2D eigenvalue weighted by Crippen LogP contribution is -1.98. The molecular formula is C12H14F2. The SMILES string of the molecule is CC(C)c1cc(F)c(C2CC2)c(F)c1. The van der Waals surface area contributed by atoms with Crippen molar-refractivity contribution in [3.8, 4) is 0 Å². The molecule has 0 saturated heterocycles. The third-order valence-corrected chi connectivity index (χ3v) is 2.75. The van der Waals surface area contributed by atoms with E-state index in [1.165, 1.54) is 12.1 Å². The van der Waals surface area contributed by atoms with Crippen molar-refractivity contribution in [3.05, 3.63) is 34.9 Å². The molecule has 0 unspecified atom stereocenters. The summed E-state index contributed by atoms with van der Waals surface area (Å²) in [7, 11) is 0. The number of hydrogen-bond acceptors (Lipinski definition) is 0. The molecule has 2 heteroatoms. The first-order valence-corrected chi connectivity index (χ1v) is 5.08. The van der Waals surface area contributed by atoms with Gasteiger partial charge in [0.1, 0.15) is 11.6 Å². The van der Waals surface area contributed by atoms with Gasteiger partial charge in [-0.05, 0) is 42.4 Å². The van der Waals surface area contributed by atoms with Crippen molar-refractivity contribution in [2.24, 2.45) is 0 Å². The van der Waals surface area contributed by atoms with E-state index >= 15 is 0 Å². The Bertz CT molecular complexity index is 328.